The summed E-state index contributed by atoms with van der Waals surface area (Å²) in [5, 5.41) is 1.47. The van der Waals surface area contributed by atoms with Crippen LogP contribution >= 0.6 is 0 Å². The number of carbonyl (C=O) groups excluding carboxylic acids is 4. The van der Waals surface area contributed by atoms with E-state index < -0.39 is 50.3 Å². The second-order valence-electron chi connectivity index (χ2n) is 5.37. The van der Waals surface area contributed by atoms with E-state index in [9.17, 15) is 19.2 Å². The topological polar surface area (TPSA) is 130 Å². The molecule has 2 aliphatic rings. The molecule has 0 radical (unpaired) electrons. The SMILES string of the molecule is O=C1COCC(=O)ON2CCCCCCN(O1)OC(=O)COCC(=O)O2. The van der Waals surface area contributed by atoms with Gasteiger partial charge in [0.05, 0.1) is 13.1 Å². The van der Waals surface area contributed by atoms with Crippen LogP contribution in [0.1, 0.15) is 25.7 Å². The van der Waals surface area contributed by atoms with E-state index >= 15 is 0 Å². The summed E-state index contributed by atoms with van der Waals surface area (Å²) in [7, 11) is 0. The van der Waals surface area contributed by atoms with E-state index in [0.717, 1.165) is 10.5 Å². The summed E-state index contributed by atoms with van der Waals surface area (Å²) in [5.41, 5.74) is 0. The third-order valence-electron chi connectivity index (χ3n) is 3.13. The predicted molar refractivity (Wildman–Crippen MR) is 77.9 cm³/mol. The number of carbonyl (C=O) groups is 4. The van der Waals surface area contributed by atoms with E-state index in [1.54, 1.807) is 0 Å². The Kier molecular flexibility index (Phi) is 8.21. The van der Waals surface area contributed by atoms with Crippen LogP contribution in [0.3, 0.4) is 0 Å². The van der Waals surface area contributed by atoms with Crippen LogP contribution < -0.4 is 0 Å². The Bertz CT molecular complexity index is 444. The van der Waals surface area contributed by atoms with Gasteiger partial charge in [0.15, 0.2) is 0 Å². The molecule has 0 aliphatic carbocycles. The van der Waals surface area contributed by atoms with Gasteiger partial charge in [-0.05, 0) is 12.8 Å². The van der Waals surface area contributed by atoms with E-state index in [-0.39, 0.29) is 13.1 Å². The average molecular weight is 376 g/mol. The molecule has 12 nitrogen and oxygen atoms in total. The molecule has 0 aromatic rings. The van der Waals surface area contributed by atoms with Gasteiger partial charge in [-0.15, -0.1) is 0 Å². The predicted octanol–water partition coefficient (Wildman–Crippen LogP) is -0.956. The van der Waals surface area contributed by atoms with Crippen molar-refractivity contribution in [3.63, 3.8) is 0 Å². The molecule has 2 aliphatic heterocycles. The van der Waals surface area contributed by atoms with Gasteiger partial charge in [0, 0.05) is 10.5 Å². The van der Waals surface area contributed by atoms with Crippen LogP contribution in [-0.2, 0) is 48.0 Å². The van der Waals surface area contributed by atoms with Crippen molar-refractivity contribution >= 4 is 23.9 Å². The minimum Gasteiger partial charge on any atom is -0.358 e. The van der Waals surface area contributed by atoms with Crippen LogP contribution in [0.15, 0.2) is 0 Å². The quantitative estimate of drug-likeness (QED) is 0.516. The number of nitrogens with zero attached hydrogens (tertiary/aromatic N) is 2. The van der Waals surface area contributed by atoms with Crippen molar-refractivity contribution < 1.29 is 48.0 Å². The number of fused-ring (bicyclic) bond motifs is 7. The Labute approximate surface area is 148 Å². The summed E-state index contributed by atoms with van der Waals surface area (Å²) in [5.74, 6) is -3.46. The Balaban J connectivity index is 2.13. The van der Waals surface area contributed by atoms with Crippen LogP contribution in [-0.4, -0.2) is 73.8 Å². The molecule has 0 atom stereocenters. The van der Waals surface area contributed by atoms with Gasteiger partial charge in [-0.2, -0.15) is 0 Å². The van der Waals surface area contributed by atoms with Crippen LogP contribution in [0.2, 0.25) is 0 Å². The molecule has 0 aromatic heterocycles. The van der Waals surface area contributed by atoms with Crippen LogP contribution in [0, 0.1) is 0 Å². The number of hydrogen-bond acceptors (Lipinski definition) is 12. The zero-order valence-corrected chi connectivity index (χ0v) is 14.0. The molecule has 26 heavy (non-hydrogen) atoms. The standard InChI is InChI=1S/C14H20N2O10/c17-11-7-21-9-13(19)25-16-6-4-2-1-3-5-15(23-11)24-12(18)8-22-10-14(20)26-16/h1-10H2. The molecule has 0 saturated carbocycles. The molecule has 0 amide bonds. The van der Waals surface area contributed by atoms with E-state index in [2.05, 4.69) is 0 Å². The lowest BCUT2D eigenvalue weighted by Crippen LogP contribution is -2.36. The minimum absolute atomic E-state index is 0.145. The zero-order valence-electron chi connectivity index (χ0n) is 14.0. The number of rotatable bonds is 0. The van der Waals surface area contributed by atoms with Gasteiger partial charge in [0.25, 0.3) is 0 Å². The number of hydroxylamine groups is 4. The highest BCUT2D eigenvalue weighted by Crippen LogP contribution is 2.08. The zero-order chi connectivity index (χ0) is 18.8. The fourth-order valence-electron chi connectivity index (χ4n) is 2.05. The van der Waals surface area contributed by atoms with Crippen molar-refractivity contribution in [1.82, 2.24) is 10.5 Å². The molecule has 2 heterocycles. The van der Waals surface area contributed by atoms with Crippen molar-refractivity contribution in [2.24, 2.45) is 0 Å². The monoisotopic (exact) mass is 376 g/mol. The Morgan fingerprint density at radius 3 is 1.12 bits per heavy atom. The lowest BCUT2D eigenvalue weighted by Gasteiger charge is -2.20. The molecular weight excluding hydrogens is 356 g/mol. The van der Waals surface area contributed by atoms with E-state index in [4.69, 9.17) is 28.8 Å². The van der Waals surface area contributed by atoms with E-state index in [1.807, 2.05) is 0 Å². The molecule has 12 heteroatoms. The average Bonchev–Trinajstić information content (AvgIpc) is 2.56. The Morgan fingerprint density at radius 1 is 0.500 bits per heavy atom. The summed E-state index contributed by atoms with van der Waals surface area (Å²) in [6.07, 6.45) is 2.52. The third-order valence-corrected chi connectivity index (χ3v) is 3.13. The molecule has 2 fully saturated rings. The van der Waals surface area contributed by atoms with E-state index in [0.29, 0.717) is 25.7 Å². The molecule has 0 aromatic carbocycles. The molecule has 146 valence electrons. The molecule has 2 saturated heterocycles. The van der Waals surface area contributed by atoms with Gasteiger partial charge in [0.2, 0.25) is 0 Å². The first-order valence-corrected chi connectivity index (χ1v) is 8.06. The fraction of sp³-hybridized carbons (Fsp3) is 0.714. The van der Waals surface area contributed by atoms with Crippen LogP contribution in [0.4, 0.5) is 0 Å². The van der Waals surface area contributed by atoms with Crippen molar-refractivity contribution in [2.45, 2.75) is 25.7 Å². The smallest absolute Gasteiger partial charge is 0.354 e. The minimum atomic E-state index is -0.864. The largest absolute Gasteiger partial charge is 0.358 e. The summed E-state index contributed by atoms with van der Waals surface area (Å²) in [6.45, 7) is -1.99. The highest BCUT2D eigenvalue weighted by molar-refractivity contribution is 5.74. The summed E-state index contributed by atoms with van der Waals surface area (Å²) in [4.78, 5) is 66.4. The molecular formula is C14H20N2O10. The lowest BCUT2D eigenvalue weighted by atomic mass is 10.2. The van der Waals surface area contributed by atoms with Gasteiger partial charge in [-0.25, -0.2) is 19.2 Å². The van der Waals surface area contributed by atoms with Crippen molar-refractivity contribution in [1.29, 1.82) is 0 Å². The second-order valence-corrected chi connectivity index (χ2v) is 5.37. The van der Waals surface area contributed by atoms with Gasteiger partial charge in [-0.3, -0.25) is 0 Å². The van der Waals surface area contributed by atoms with Crippen LogP contribution in [0.25, 0.3) is 0 Å². The maximum absolute atomic E-state index is 11.7. The first-order valence-electron chi connectivity index (χ1n) is 8.06. The summed E-state index contributed by atoms with van der Waals surface area (Å²) < 4.78 is 9.75. The number of hydrogen-bond donors (Lipinski definition) is 0. The number of ether oxygens (including phenoxy) is 2. The Hall–Kier alpha value is -2.28. The Morgan fingerprint density at radius 2 is 0.808 bits per heavy atom. The molecule has 0 N–H and O–H groups in total. The van der Waals surface area contributed by atoms with Gasteiger partial charge in [0.1, 0.15) is 26.4 Å². The second kappa shape index (κ2) is 10.7. The van der Waals surface area contributed by atoms with E-state index in [1.165, 1.54) is 0 Å². The van der Waals surface area contributed by atoms with Crippen molar-refractivity contribution in [3.05, 3.63) is 0 Å². The molecule has 0 unspecified atom stereocenters. The summed E-state index contributed by atoms with van der Waals surface area (Å²) >= 11 is 0. The first kappa shape index (κ1) is 20.0. The summed E-state index contributed by atoms with van der Waals surface area (Å²) in [6, 6.07) is 0. The van der Waals surface area contributed by atoms with Crippen molar-refractivity contribution in [3.8, 4) is 0 Å². The fourth-order valence-corrected chi connectivity index (χ4v) is 2.05. The van der Waals surface area contributed by atoms with Gasteiger partial charge < -0.3 is 28.8 Å². The first-order chi connectivity index (χ1) is 12.5. The normalized spacial score (nSPS) is 27.7. The molecule has 0 spiro atoms. The maximum atomic E-state index is 11.7. The molecule has 2 bridgehead atoms. The van der Waals surface area contributed by atoms with Crippen molar-refractivity contribution in [2.75, 3.05) is 39.5 Å². The van der Waals surface area contributed by atoms with Gasteiger partial charge >= 0.3 is 23.9 Å². The molecule has 2 rings (SSSR count). The third kappa shape index (κ3) is 7.74. The maximum Gasteiger partial charge on any atom is 0.354 e. The van der Waals surface area contributed by atoms with Crippen LogP contribution in [0.5, 0.6) is 0 Å². The highest BCUT2D eigenvalue weighted by Gasteiger charge is 2.22. The lowest BCUT2D eigenvalue weighted by molar-refractivity contribution is -0.331. The van der Waals surface area contributed by atoms with Gasteiger partial charge in [-0.1, -0.05) is 12.8 Å². The highest BCUT2D eigenvalue weighted by atomic mass is 17.0.